The minimum absolute atomic E-state index is 0.185. The Morgan fingerprint density at radius 1 is 1.44 bits per heavy atom. The van der Waals surface area contributed by atoms with Crippen LogP contribution < -0.4 is 5.32 Å². The zero-order chi connectivity index (χ0) is 13.5. The van der Waals surface area contributed by atoms with Crippen LogP contribution in [0.5, 0.6) is 5.75 Å². The molecular weight excluding hydrogens is 254 g/mol. The van der Waals surface area contributed by atoms with E-state index >= 15 is 0 Å². The van der Waals surface area contributed by atoms with E-state index in [1.54, 1.807) is 18.2 Å². The van der Waals surface area contributed by atoms with E-state index < -0.39 is 12.0 Å². The Hall–Kier alpha value is -1.69. The number of carboxylic acid groups (broad SMARTS) is 1. The van der Waals surface area contributed by atoms with E-state index in [1.807, 2.05) is 6.07 Å². The van der Waals surface area contributed by atoms with E-state index in [4.69, 9.17) is 5.11 Å². The van der Waals surface area contributed by atoms with Crippen molar-refractivity contribution >= 4 is 23.6 Å². The van der Waals surface area contributed by atoms with Gasteiger partial charge in [0.15, 0.2) is 0 Å². The summed E-state index contributed by atoms with van der Waals surface area (Å²) in [7, 11) is 0. The maximum Gasteiger partial charge on any atom is 0.327 e. The Morgan fingerprint density at radius 3 is 2.72 bits per heavy atom. The van der Waals surface area contributed by atoms with Crippen molar-refractivity contribution < 1.29 is 19.8 Å². The van der Waals surface area contributed by atoms with Crippen LogP contribution in [0.3, 0.4) is 0 Å². The number of phenolic OH excluding ortho intramolecular Hbond substituents is 1. The van der Waals surface area contributed by atoms with Crippen molar-refractivity contribution in [2.24, 2.45) is 0 Å². The maximum absolute atomic E-state index is 10.9. The molecule has 0 bridgehead atoms. The molecular formula is C12H15NO4S. The zero-order valence-corrected chi connectivity index (χ0v) is 10.7. The standard InChI is InChI=1S/C12H15NO4S/c1-8(14)13-11(12(16)17)7-18-6-9-3-2-4-10(15)5-9/h2-5,11,15H,6-7H2,1H3,(H,13,14)(H,16,17). The Morgan fingerprint density at radius 2 is 2.17 bits per heavy atom. The largest absolute Gasteiger partial charge is 0.508 e. The molecule has 1 aromatic carbocycles. The quantitative estimate of drug-likeness (QED) is 0.722. The molecule has 5 nitrogen and oxygen atoms in total. The molecule has 0 saturated carbocycles. The third-order valence-corrected chi connectivity index (χ3v) is 3.25. The molecule has 0 radical (unpaired) electrons. The van der Waals surface area contributed by atoms with Gasteiger partial charge in [-0.3, -0.25) is 4.79 Å². The van der Waals surface area contributed by atoms with Gasteiger partial charge in [0.25, 0.3) is 0 Å². The van der Waals surface area contributed by atoms with Crippen LogP contribution in [0, 0.1) is 0 Å². The lowest BCUT2D eigenvalue weighted by atomic mass is 10.2. The number of benzene rings is 1. The van der Waals surface area contributed by atoms with Crippen LogP contribution in [0.2, 0.25) is 0 Å². The lowest BCUT2D eigenvalue weighted by Gasteiger charge is -2.12. The van der Waals surface area contributed by atoms with E-state index in [0.29, 0.717) is 5.75 Å². The lowest BCUT2D eigenvalue weighted by Crippen LogP contribution is -2.41. The van der Waals surface area contributed by atoms with Crippen LogP contribution in [-0.2, 0) is 15.3 Å². The molecule has 0 fully saturated rings. The fourth-order valence-corrected chi connectivity index (χ4v) is 2.36. The second kappa shape index (κ2) is 6.90. The van der Waals surface area contributed by atoms with Gasteiger partial charge in [0.2, 0.25) is 5.91 Å². The molecule has 3 N–H and O–H groups in total. The summed E-state index contributed by atoms with van der Waals surface area (Å²) in [5.41, 5.74) is 0.909. The topological polar surface area (TPSA) is 86.6 Å². The first-order valence-electron chi connectivity index (χ1n) is 5.34. The molecule has 0 aliphatic heterocycles. The first kappa shape index (κ1) is 14.4. The number of hydrogen-bond donors (Lipinski definition) is 3. The summed E-state index contributed by atoms with van der Waals surface area (Å²) < 4.78 is 0. The maximum atomic E-state index is 10.9. The summed E-state index contributed by atoms with van der Waals surface area (Å²) in [5.74, 6) is -0.360. The highest BCUT2D eigenvalue weighted by Crippen LogP contribution is 2.17. The van der Waals surface area contributed by atoms with Gasteiger partial charge in [0.1, 0.15) is 11.8 Å². The number of nitrogens with one attached hydrogen (secondary N) is 1. The molecule has 1 amide bonds. The van der Waals surface area contributed by atoms with Crippen LogP contribution in [0.25, 0.3) is 0 Å². The predicted molar refractivity (Wildman–Crippen MR) is 69.5 cm³/mol. The summed E-state index contributed by atoms with van der Waals surface area (Å²) >= 11 is 1.39. The fraction of sp³-hybridized carbons (Fsp3) is 0.333. The van der Waals surface area contributed by atoms with Crippen LogP contribution in [0.4, 0.5) is 0 Å². The van der Waals surface area contributed by atoms with Crippen molar-refractivity contribution in [3.63, 3.8) is 0 Å². The van der Waals surface area contributed by atoms with Gasteiger partial charge in [-0.25, -0.2) is 4.79 Å². The van der Waals surface area contributed by atoms with E-state index in [-0.39, 0.29) is 17.4 Å². The van der Waals surface area contributed by atoms with E-state index in [2.05, 4.69) is 5.32 Å². The average Bonchev–Trinajstić information content (AvgIpc) is 2.27. The molecule has 0 spiro atoms. The summed E-state index contributed by atoms with van der Waals surface area (Å²) in [5, 5.41) is 20.5. The smallest absolute Gasteiger partial charge is 0.327 e. The number of hydrogen-bond acceptors (Lipinski definition) is 4. The second-order valence-electron chi connectivity index (χ2n) is 3.78. The summed E-state index contributed by atoms with van der Waals surface area (Å²) in [6, 6.07) is 5.89. The molecule has 1 rings (SSSR count). The lowest BCUT2D eigenvalue weighted by molar-refractivity contribution is -0.140. The number of aromatic hydroxyl groups is 1. The Labute approximate surface area is 109 Å². The molecule has 6 heteroatoms. The van der Waals surface area contributed by atoms with Crippen molar-refractivity contribution in [1.29, 1.82) is 0 Å². The highest BCUT2D eigenvalue weighted by atomic mass is 32.2. The molecule has 98 valence electrons. The van der Waals surface area contributed by atoms with Crippen molar-refractivity contribution in [1.82, 2.24) is 5.32 Å². The van der Waals surface area contributed by atoms with Gasteiger partial charge in [-0.1, -0.05) is 12.1 Å². The minimum Gasteiger partial charge on any atom is -0.508 e. The number of amides is 1. The number of carboxylic acids is 1. The highest BCUT2D eigenvalue weighted by Gasteiger charge is 2.17. The van der Waals surface area contributed by atoms with E-state index in [9.17, 15) is 14.7 Å². The summed E-state index contributed by atoms with van der Waals surface area (Å²) in [6.07, 6.45) is 0. The van der Waals surface area contributed by atoms with Gasteiger partial charge in [0.05, 0.1) is 0 Å². The molecule has 0 saturated heterocycles. The van der Waals surface area contributed by atoms with Gasteiger partial charge in [-0.05, 0) is 17.7 Å². The van der Waals surface area contributed by atoms with E-state index in [0.717, 1.165) is 5.56 Å². The number of rotatable bonds is 6. The number of aliphatic carboxylic acids is 1. The first-order valence-corrected chi connectivity index (χ1v) is 6.50. The molecule has 18 heavy (non-hydrogen) atoms. The number of phenols is 1. The van der Waals surface area contributed by atoms with Crippen LogP contribution >= 0.6 is 11.8 Å². The summed E-state index contributed by atoms with van der Waals surface area (Å²) in [4.78, 5) is 21.7. The van der Waals surface area contributed by atoms with Crippen LogP contribution in [0.1, 0.15) is 12.5 Å². The number of carbonyl (C=O) groups excluding carboxylic acids is 1. The normalized spacial score (nSPS) is 11.8. The molecule has 1 aromatic rings. The number of carbonyl (C=O) groups is 2. The van der Waals surface area contributed by atoms with E-state index in [1.165, 1.54) is 18.7 Å². The molecule has 0 aliphatic carbocycles. The van der Waals surface area contributed by atoms with Crippen LogP contribution in [-0.4, -0.2) is 33.9 Å². The first-order chi connectivity index (χ1) is 8.49. The minimum atomic E-state index is -1.05. The number of thioether (sulfide) groups is 1. The van der Waals surface area contributed by atoms with Gasteiger partial charge >= 0.3 is 5.97 Å². The molecule has 1 unspecified atom stereocenters. The Balaban J connectivity index is 2.43. The van der Waals surface area contributed by atoms with Crippen molar-refractivity contribution in [2.75, 3.05) is 5.75 Å². The third kappa shape index (κ3) is 5.09. The predicted octanol–water partition coefficient (Wildman–Crippen LogP) is 1.21. The average molecular weight is 269 g/mol. The Kier molecular flexibility index (Phi) is 5.51. The third-order valence-electron chi connectivity index (χ3n) is 2.14. The second-order valence-corrected chi connectivity index (χ2v) is 4.81. The van der Waals surface area contributed by atoms with Crippen molar-refractivity contribution in [2.45, 2.75) is 18.7 Å². The molecule has 0 heterocycles. The van der Waals surface area contributed by atoms with Crippen molar-refractivity contribution in [3.05, 3.63) is 29.8 Å². The highest BCUT2D eigenvalue weighted by molar-refractivity contribution is 7.98. The molecule has 0 aromatic heterocycles. The Bertz CT molecular complexity index is 436. The monoisotopic (exact) mass is 269 g/mol. The molecule has 1 atom stereocenters. The van der Waals surface area contributed by atoms with Gasteiger partial charge in [-0.2, -0.15) is 11.8 Å². The van der Waals surface area contributed by atoms with Gasteiger partial charge < -0.3 is 15.5 Å². The van der Waals surface area contributed by atoms with Crippen LogP contribution in [0.15, 0.2) is 24.3 Å². The SMILES string of the molecule is CC(=O)NC(CSCc1cccc(O)c1)C(=O)O. The summed E-state index contributed by atoms with van der Waals surface area (Å²) in [6.45, 7) is 1.29. The van der Waals surface area contributed by atoms with Crippen molar-refractivity contribution in [3.8, 4) is 5.75 Å². The van der Waals surface area contributed by atoms with Gasteiger partial charge in [0, 0.05) is 18.4 Å². The van der Waals surface area contributed by atoms with Gasteiger partial charge in [-0.15, -0.1) is 0 Å². The molecule has 0 aliphatic rings. The fourth-order valence-electron chi connectivity index (χ4n) is 1.36. The zero-order valence-electron chi connectivity index (χ0n) is 9.92.